The summed E-state index contributed by atoms with van der Waals surface area (Å²) < 4.78 is 4.69. The lowest BCUT2D eigenvalue weighted by molar-refractivity contribution is -0.150. The van der Waals surface area contributed by atoms with Crippen LogP contribution in [-0.4, -0.2) is 18.9 Å². The van der Waals surface area contributed by atoms with Crippen LogP contribution in [0, 0.1) is 11.8 Å². The molecule has 0 spiro atoms. The maximum atomic E-state index is 12.2. The summed E-state index contributed by atoms with van der Waals surface area (Å²) >= 11 is 0. The lowest BCUT2D eigenvalue weighted by atomic mass is 9.86. The Morgan fingerprint density at radius 3 is 2.19 bits per heavy atom. The van der Waals surface area contributed by atoms with Gasteiger partial charge in [-0.3, -0.25) is 9.59 Å². The van der Waals surface area contributed by atoms with Crippen LogP contribution < -0.4 is 0 Å². The zero-order valence-corrected chi connectivity index (χ0v) is 10.3. The van der Waals surface area contributed by atoms with Gasteiger partial charge in [0.25, 0.3) is 0 Å². The van der Waals surface area contributed by atoms with Gasteiger partial charge in [0.2, 0.25) is 0 Å². The first-order valence-electron chi connectivity index (χ1n) is 6.32. The molecule has 1 saturated carbocycles. The molecule has 0 aromatic rings. The monoisotopic (exact) mass is 226 g/mol. The number of carbonyl (C=O) groups excluding carboxylic acids is 2. The summed E-state index contributed by atoms with van der Waals surface area (Å²) in [6.07, 6.45) is 7.14. The number of Topliss-reactive ketones (excluding diaryl/α,β-unsaturated/α-hetero) is 1. The molecule has 0 aliphatic heterocycles. The molecule has 1 aliphatic rings. The van der Waals surface area contributed by atoms with Crippen LogP contribution >= 0.6 is 0 Å². The fourth-order valence-electron chi connectivity index (χ4n) is 2.47. The molecule has 1 fully saturated rings. The SMILES string of the molecule is CCC(C(=O)OC)C(=O)C1CCCCCC1. The smallest absolute Gasteiger partial charge is 0.316 e. The van der Waals surface area contributed by atoms with E-state index >= 15 is 0 Å². The third kappa shape index (κ3) is 3.32. The molecule has 0 radical (unpaired) electrons. The molecular weight excluding hydrogens is 204 g/mol. The Bertz CT molecular complexity index is 240. The van der Waals surface area contributed by atoms with Gasteiger partial charge in [-0.1, -0.05) is 32.6 Å². The predicted octanol–water partition coefficient (Wildman–Crippen LogP) is 2.73. The normalized spacial score (nSPS) is 19.9. The van der Waals surface area contributed by atoms with Gasteiger partial charge < -0.3 is 4.74 Å². The minimum atomic E-state index is -0.534. The molecule has 92 valence electrons. The second kappa shape index (κ2) is 6.66. The molecule has 3 nitrogen and oxygen atoms in total. The number of ketones is 1. The van der Waals surface area contributed by atoms with E-state index in [9.17, 15) is 9.59 Å². The van der Waals surface area contributed by atoms with Gasteiger partial charge in [-0.15, -0.1) is 0 Å². The van der Waals surface area contributed by atoms with Crippen LogP contribution in [0.4, 0.5) is 0 Å². The van der Waals surface area contributed by atoms with Crippen molar-refractivity contribution >= 4 is 11.8 Å². The molecule has 0 heterocycles. The number of rotatable bonds is 4. The van der Waals surface area contributed by atoms with Crippen molar-refractivity contribution in [2.24, 2.45) is 11.8 Å². The molecule has 0 aromatic carbocycles. The van der Waals surface area contributed by atoms with E-state index in [1.165, 1.54) is 20.0 Å². The van der Waals surface area contributed by atoms with Crippen LogP contribution in [0.1, 0.15) is 51.9 Å². The van der Waals surface area contributed by atoms with Gasteiger partial charge in [-0.05, 0) is 19.3 Å². The van der Waals surface area contributed by atoms with Crippen LogP contribution in [0.2, 0.25) is 0 Å². The first-order valence-corrected chi connectivity index (χ1v) is 6.32. The van der Waals surface area contributed by atoms with E-state index < -0.39 is 5.92 Å². The number of methoxy groups -OCH3 is 1. The summed E-state index contributed by atoms with van der Waals surface area (Å²) in [6, 6.07) is 0. The van der Waals surface area contributed by atoms with Crippen LogP contribution in [0.15, 0.2) is 0 Å². The van der Waals surface area contributed by atoms with Crippen molar-refractivity contribution in [3.63, 3.8) is 0 Å². The Hall–Kier alpha value is -0.860. The van der Waals surface area contributed by atoms with Gasteiger partial charge in [0.15, 0.2) is 0 Å². The summed E-state index contributed by atoms with van der Waals surface area (Å²) in [5.41, 5.74) is 0. The van der Waals surface area contributed by atoms with Gasteiger partial charge in [-0.25, -0.2) is 0 Å². The van der Waals surface area contributed by atoms with Crippen LogP contribution in [-0.2, 0) is 14.3 Å². The quantitative estimate of drug-likeness (QED) is 0.420. The van der Waals surface area contributed by atoms with E-state index in [0.717, 1.165) is 25.7 Å². The van der Waals surface area contributed by atoms with E-state index in [-0.39, 0.29) is 17.7 Å². The number of hydrogen-bond acceptors (Lipinski definition) is 3. The standard InChI is InChI=1S/C13H22O3/c1-3-11(13(15)16-2)12(14)10-8-6-4-5-7-9-10/h10-11H,3-9H2,1-2H3. The Kier molecular flexibility index (Phi) is 5.50. The molecule has 1 atom stereocenters. The summed E-state index contributed by atoms with van der Waals surface area (Å²) in [4.78, 5) is 23.7. The zero-order valence-electron chi connectivity index (χ0n) is 10.3. The van der Waals surface area contributed by atoms with E-state index in [0.29, 0.717) is 6.42 Å². The minimum Gasteiger partial charge on any atom is -0.468 e. The van der Waals surface area contributed by atoms with Crippen molar-refractivity contribution in [2.75, 3.05) is 7.11 Å². The van der Waals surface area contributed by atoms with Gasteiger partial charge >= 0.3 is 5.97 Å². The second-order valence-electron chi connectivity index (χ2n) is 4.57. The van der Waals surface area contributed by atoms with E-state index in [2.05, 4.69) is 4.74 Å². The summed E-state index contributed by atoms with van der Waals surface area (Å²) in [7, 11) is 1.35. The van der Waals surface area contributed by atoms with E-state index in [1.807, 2.05) is 6.92 Å². The molecule has 0 aromatic heterocycles. The molecule has 1 aliphatic carbocycles. The molecule has 16 heavy (non-hydrogen) atoms. The van der Waals surface area contributed by atoms with Gasteiger partial charge in [0, 0.05) is 5.92 Å². The number of ether oxygens (including phenoxy) is 1. The summed E-state index contributed by atoms with van der Waals surface area (Å²) in [5, 5.41) is 0. The molecule has 1 rings (SSSR count). The largest absolute Gasteiger partial charge is 0.468 e. The van der Waals surface area contributed by atoms with Crippen molar-refractivity contribution < 1.29 is 14.3 Å². The summed E-state index contributed by atoms with van der Waals surface area (Å²) in [6.45, 7) is 1.87. The first-order chi connectivity index (χ1) is 7.70. The molecule has 3 heteroatoms. The maximum Gasteiger partial charge on any atom is 0.316 e. The molecule has 1 unspecified atom stereocenters. The molecule has 0 bridgehead atoms. The average molecular weight is 226 g/mol. The highest BCUT2D eigenvalue weighted by Crippen LogP contribution is 2.27. The number of hydrogen-bond donors (Lipinski definition) is 0. The number of esters is 1. The number of carbonyl (C=O) groups is 2. The fourth-order valence-corrected chi connectivity index (χ4v) is 2.47. The van der Waals surface area contributed by atoms with E-state index in [4.69, 9.17) is 0 Å². The predicted molar refractivity (Wildman–Crippen MR) is 62.0 cm³/mol. The average Bonchev–Trinajstić information content (AvgIpc) is 2.58. The highest BCUT2D eigenvalue weighted by molar-refractivity contribution is 6.00. The summed E-state index contributed by atoms with van der Waals surface area (Å²) in [5.74, 6) is -0.701. The Morgan fingerprint density at radius 2 is 1.75 bits per heavy atom. The third-order valence-electron chi connectivity index (χ3n) is 3.49. The van der Waals surface area contributed by atoms with E-state index in [1.54, 1.807) is 0 Å². The minimum absolute atomic E-state index is 0.0894. The van der Waals surface area contributed by atoms with Crippen LogP contribution in [0.5, 0.6) is 0 Å². The van der Waals surface area contributed by atoms with Crippen molar-refractivity contribution in [1.29, 1.82) is 0 Å². The lowest BCUT2D eigenvalue weighted by Gasteiger charge is -2.18. The Balaban J connectivity index is 2.62. The van der Waals surface area contributed by atoms with Crippen molar-refractivity contribution in [2.45, 2.75) is 51.9 Å². The van der Waals surface area contributed by atoms with Crippen molar-refractivity contribution in [1.82, 2.24) is 0 Å². The fraction of sp³-hybridized carbons (Fsp3) is 0.846. The van der Waals surface area contributed by atoms with Crippen molar-refractivity contribution in [3.8, 4) is 0 Å². The van der Waals surface area contributed by atoms with Crippen LogP contribution in [0.25, 0.3) is 0 Å². The van der Waals surface area contributed by atoms with Crippen molar-refractivity contribution in [3.05, 3.63) is 0 Å². The zero-order chi connectivity index (χ0) is 12.0. The molecule has 0 amide bonds. The maximum absolute atomic E-state index is 12.2. The highest BCUT2D eigenvalue weighted by atomic mass is 16.5. The Morgan fingerprint density at radius 1 is 1.19 bits per heavy atom. The van der Waals surface area contributed by atoms with Gasteiger partial charge in [-0.2, -0.15) is 0 Å². The highest BCUT2D eigenvalue weighted by Gasteiger charge is 2.31. The molecule has 0 saturated heterocycles. The topological polar surface area (TPSA) is 43.4 Å². The first kappa shape index (κ1) is 13.2. The Labute approximate surface area is 97.5 Å². The van der Waals surface area contributed by atoms with Crippen LogP contribution in [0.3, 0.4) is 0 Å². The third-order valence-corrected chi connectivity index (χ3v) is 3.49. The molecular formula is C13H22O3. The van der Waals surface area contributed by atoms with Gasteiger partial charge in [0.1, 0.15) is 11.7 Å². The van der Waals surface area contributed by atoms with Gasteiger partial charge in [0.05, 0.1) is 7.11 Å². The second-order valence-corrected chi connectivity index (χ2v) is 4.57. The molecule has 0 N–H and O–H groups in total. The lowest BCUT2D eigenvalue weighted by Crippen LogP contribution is -2.30.